The highest BCUT2D eigenvalue weighted by Crippen LogP contribution is 2.20. The summed E-state index contributed by atoms with van der Waals surface area (Å²) in [5.41, 5.74) is 0.877. The molecular formula is C15H20N4O. The van der Waals surface area contributed by atoms with Gasteiger partial charge in [0.15, 0.2) is 6.29 Å². The summed E-state index contributed by atoms with van der Waals surface area (Å²) in [6.07, 6.45) is 4.51. The smallest absolute Gasteiger partial charge is 0.157 e. The zero-order valence-corrected chi connectivity index (χ0v) is 11.8. The van der Waals surface area contributed by atoms with E-state index in [4.69, 9.17) is 0 Å². The highest BCUT2D eigenvalue weighted by molar-refractivity contribution is 5.77. The number of hydrogen-bond acceptors (Lipinski definition) is 4. The minimum absolute atomic E-state index is 0.249. The fraction of sp³-hybridized carbons (Fsp3) is 0.467. The van der Waals surface area contributed by atoms with Gasteiger partial charge in [0.2, 0.25) is 0 Å². The molecule has 20 heavy (non-hydrogen) atoms. The maximum Gasteiger partial charge on any atom is 0.157 e. The van der Waals surface area contributed by atoms with Gasteiger partial charge in [0.1, 0.15) is 11.8 Å². The van der Waals surface area contributed by atoms with Crippen LogP contribution in [0.5, 0.6) is 0 Å². The molecule has 0 amide bonds. The molecule has 0 N–H and O–H groups in total. The number of hydrogen-bond donors (Lipinski definition) is 0. The van der Waals surface area contributed by atoms with Gasteiger partial charge in [0, 0.05) is 44.0 Å². The summed E-state index contributed by atoms with van der Waals surface area (Å²) in [5, 5.41) is 1.08. The standard InChI is InChI=1S/C15H20N4O/c1-2-17-8-10-18(11-9-17)14(12-20)19-7-5-13-4-3-6-16-15(13)19/h3-7,12,14H,2,8-11H2,1H3. The van der Waals surface area contributed by atoms with Crippen molar-refractivity contribution in [2.45, 2.75) is 13.1 Å². The highest BCUT2D eigenvalue weighted by Gasteiger charge is 2.24. The van der Waals surface area contributed by atoms with E-state index >= 15 is 0 Å². The monoisotopic (exact) mass is 272 g/mol. The molecule has 1 unspecified atom stereocenters. The van der Waals surface area contributed by atoms with Crippen molar-refractivity contribution in [2.24, 2.45) is 0 Å². The first kappa shape index (κ1) is 13.3. The van der Waals surface area contributed by atoms with Crippen molar-refractivity contribution in [3.8, 4) is 0 Å². The third-order valence-corrected chi connectivity index (χ3v) is 4.11. The van der Waals surface area contributed by atoms with E-state index in [9.17, 15) is 4.79 Å². The summed E-state index contributed by atoms with van der Waals surface area (Å²) in [6, 6.07) is 5.96. The Kier molecular flexibility index (Phi) is 3.80. The van der Waals surface area contributed by atoms with Crippen LogP contribution in [-0.2, 0) is 4.79 Å². The number of carbonyl (C=O) groups excluding carboxylic acids is 1. The Bertz CT molecular complexity index is 586. The third kappa shape index (κ3) is 2.34. The molecule has 1 aliphatic heterocycles. The Morgan fingerprint density at radius 3 is 2.80 bits per heavy atom. The zero-order valence-electron chi connectivity index (χ0n) is 11.8. The quantitative estimate of drug-likeness (QED) is 0.788. The number of carbonyl (C=O) groups is 1. The SMILES string of the molecule is CCN1CCN(C(C=O)n2ccc3cccnc32)CC1. The number of rotatable bonds is 4. The number of fused-ring (bicyclic) bond motifs is 1. The molecule has 3 rings (SSSR count). The molecule has 5 heteroatoms. The second-order valence-corrected chi connectivity index (χ2v) is 5.16. The summed E-state index contributed by atoms with van der Waals surface area (Å²) in [7, 11) is 0. The molecule has 1 saturated heterocycles. The van der Waals surface area contributed by atoms with Gasteiger partial charge in [-0.3, -0.25) is 9.69 Å². The molecule has 1 atom stereocenters. The molecule has 5 nitrogen and oxygen atoms in total. The van der Waals surface area contributed by atoms with Gasteiger partial charge in [-0.25, -0.2) is 4.98 Å². The van der Waals surface area contributed by atoms with Crippen molar-refractivity contribution in [3.63, 3.8) is 0 Å². The average Bonchev–Trinajstić information content (AvgIpc) is 2.93. The molecule has 0 bridgehead atoms. The molecule has 1 aliphatic rings. The van der Waals surface area contributed by atoms with Crippen molar-refractivity contribution in [2.75, 3.05) is 32.7 Å². The van der Waals surface area contributed by atoms with Crippen molar-refractivity contribution in [1.29, 1.82) is 0 Å². The van der Waals surface area contributed by atoms with Crippen LogP contribution in [0.4, 0.5) is 0 Å². The molecule has 0 radical (unpaired) electrons. The summed E-state index contributed by atoms with van der Waals surface area (Å²) in [5.74, 6) is 0. The van der Waals surface area contributed by atoms with E-state index < -0.39 is 0 Å². The van der Waals surface area contributed by atoms with E-state index in [0.717, 1.165) is 50.0 Å². The van der Waals surface area contributed by atoms with Gasteiger partial charge in [0.25, 0.3) is 0 Å². The first-order chi connectivity index (χ1) is 9.83. The van der Waals surface area contributed by atoms with Crippen molar-refractivity contribution >= 4 is 17.3 Å². The van der Waals surface area contributed by atoms with Gasteiger partial charge in [-0.2, -0.15) is 0 Å². The summed E-state index contributed by atoms with van der Waals surface area (Å²) in [6.45, 7) is 7.14. The maximum atomic E-state index is 11.6. The van der Waals surface area contributed by atoms with E-state index in [1.54, 1.807) is 6.20 Å². The van der Waals surface area contributed by atoms with Gasteiger partial charge in [-0.1, -0.05) is 6.92 Å². The molecule has 3 heterocycles. The number of aromatic nitrogens is 2. The van der Waals surface area contributed by atoms with Crippen LogP contribution in [0.25, 0.3) is 11.0 Å². The molecule has 0 aromatic carbocycles. The largest absolute Gasteiger partial charge is 0.309 e. The summed E-state index contributed by atoms with van der Waals surface area (Å²) in [4.78, 5) is 20.6. The van der Waals surface area contributed by atoms with Gasteiger partial charge in [-0.15, -0.1) is 0 Å². The van der Waals surface area contributed by atoms with Crippen LogP contribution in [-0.4, -0.2) is 58.4 Å². The van der Waals surface area contributed by atoms with E-state index in [1.165, 1.54) is 0 Å². The Balaban J connectivity index is 1.85. The van der Waals surface area contributed by atoms with E-state index in [2.05, 4.69) is 21.7 Å². The van der Waals surface area contributed by atoms with Gasteiger partial charge >= 0.3 is 0 Å². The topological polar surface area (TPSA) is 41.4 Å². The number of aldehydes is 1. The Hall–Kier alpha value is -1.72. The fourth-order valence-electron chi connectivity index (χ4n) is 2.87. The highest BCUT2D eigenvalue weighted by atomic mass is 16.1. The molecule has 0 spiro atoms. The lowest BCUT2D eigenvalue weighted by Crippen LogP contribution is -2.48. The van der Waals surface area contributed by atoms with Gasteiger partial charge < -0.3 is 9.47 Å². The minimum Gasteiger partial charge on any atom is -0.309 e. The number of likely N-dealkylation sites (N-methyl/N-ethyl adjacent to an activating group) is 1. The maximum absolute atomic E-state index is 11.6. The average molecular weight is 272 g/mol. The number of piperazine rings is 1. The van der Waals surface area contributed by atoms with Crippen molar-refractivity contribution in [3.05, 3.63) is 30.6 Å². The van der Waals surface area contributed by atoms with Crippen LogP contribution in [0, 0.1) is 0 Å². The lowest BCUT2D eigenvalue weighted by molar-refractivity contribution is -0.116. The van der Waals surface area contributed by atoms with Crippen LogP contribution in [0.2, 0.25) is 0 Å². The van der Waals surface area contributed by atoms with Crippen LogP contribution >= 0.6 is 0 Å². The summed E-state index contributed by atoms with van der Waals surface area (Å²) >= 11 is 0. The first-order valence-electron chi connectivity index (χ1n) is 7.16. The minimum atomic E-state index is -0.249. The lowest BCUT2D eigenvalue weighted by atomic mass is 10.3. The predicted octanol–water partition coefficient (Wildman–Crippen LogP) is 1.37. The zero-order chi connectivity index (χ0) is 13.9. The first-order valence-corrected chi connectivity index (χ1v) is 7.16. The van der Waals surface area contributed by atoms with Gasteiger partial charge in [0.05, 0.1) is 0 Å². The molecule has 0 aliphatic carbocycles. The predicted molar refractivity (Wildman–Crippen MR) is 78.5 cm³/mol. The van der Waals surface area contributed by atoms with Crippen LogP contribution in [0.3, 0.4) is 0 Å². The van der Waals surface area contributed by atoms with Crippen LogP contribution in [0.15, 0.2) is 30.6 Å². The second kappa shape index (κ2) is 5.73. The van der Waals surface area contributed by atoms with Crippen LogP contribution < -0.4 is 0 Å². The normalized spacial score (nSPS) is 19.2. The lowest BCUT2D eigenvalue weighted by Gasteiger charge is -2.37. The molecule has 2 aromatic rings. The molecule has 0 saturated carbocycles. The Morgan fingerprint density at radius 1 is 1.30 bits per heavy atom. The van der Waals surface area contributed by atoms with E-state index in [0.29, 0.717) is 0 Å². The van der Waals surface area contributed by atoms with Crippen molar-refractivity contribution in [1.82, 2.24) is 19.4 Å². The Morgan fingerprint density at radius 2 is 2.10 bits per heavy atom. The van der Waals surface area contributed by atoms with Crippen molar-refractivity contribution < 1.29 is 4.79 Å². The third-order valence-electron chi connectivity index (χ3n) is 4.11. The summed E-state index contributed by atoms with van der Waals surface area (Å²) < 4.78 is 1.98. The van der Waals surface area contributed by atoms with E-state index in [1.807, 2.05) is 29.0 Å². The van der Waals surface area contributed by atoms with Crippen LogP contribution in [0.1, 0.15) is 13.1 Å². The van der Waals surface area contributed by atoms with Gasteiger partial charge in [-0.05, 0) is 24.7 Å². The number of pyridine rings is 1. The molecule has 106 valence electrons. The second-order valence-electron chi connectivity index (χ2n) is 5.16. The fourth-order valence-corrected chi connectivity index (χ4v) is 2.87. The molecule has 2 aromatic heterocycles. The number of nitrogens with zero attached hydrogens (tertiary/aromatic N) is 4. The Labute approximate surface area is 118 Å². The molecule has 1 fully saturated rings. The van der Waals surface area contributed by atoms with E-state index in [-0.39, 0.29) is 6.17 Å². The molecular weight excluding hydrogens is 252 g/mol.